The van der Waals surface area contributed by atoms with E-state index in [2.05, 4.69) is 19.9 Å². The molecular formula is C18H26O4. The predicted molar refractivity (Wildman–Crippen MR) is 87.5 cm³/mol. The van der Waals surface area contributed by atoms with Gasteiger partial charge in [0.25, 0.3) is 0 Å². The Balaban J connectivity index is 3.46. The van der Waals surface area contributed by atoms with E-state index >= 15 is 0 Å². The molecule has 4 nitrogen and oxygen atoms in total. The van der Waals surface area contributed by atoms with E-state index in [1.165, 1.54) is 7.11 Å². The molecular weight excluding hydrogens is 280 g/mol. The Kier molecular flexibility index (Phi) is 6.47. The fourth-order valence-corrected chi connectivity index (χ4v) is 2.72. The summed E-state index contributed by atoms with van der Waals surface area (Å²) in [6.45, 7) is 6.15. The third-order valence-electron chi connectivity index (χ3n) is 4.08. The molecule has 1 rings (SSSR count). The number of rotatable bonds is 7. The van der Waals surface area contributed by atoms with Crippen LogP contribution in [0, 0.1) is 5.92 Å². The van der Waals surface area contributed by atoms with Gasteiger partial charge in [-0.2, -0.15) is 0 Å². The standard InChI is InChI=1S/C18H26O4/c1-7-10-18(13(2)3,12-17(19)22-6)14-8-9-15(20-4)16(11-14)21-5/h7-11,13H,12H2,1-6H3/b10-7+/t18-/m0/s1. The number of hydrogen-bond acceptors (Lipinski definition) is 4. The Morgan fingerprint density at radius 2 is 1.82 bits per heavy atom. The van der Waals surface area contributed by atoms with Gasteiger partial charge in [0, 0.05) is 5.41 Å². The lowest BCUT2D eigenvalue weighted by Crippen LogP contribution is -2.33. The number of benzene rings is 1. The van der Waals surface area contributed by atoms with Crippen molar-refractivity contribution in [3.05, 3.63) is 35.9 Å². The molecule has 0 heterocycles. The molecule has 122 valence electrons. The van der Waals surface area contributed by atoms with Crippen LogP contribution in [-0.4, -0.2) is 27.3 Å². The highest BCUT2D eigenvalue weighted by Crippen LogP contribution is 2.41. The highest BCUT2D eigenvalue weighted by atomic mass is 16.5. The summed E-state index contributed by atoms with van der Waals surface area (Å²) in [4.78, 5) is 11.9. The molecule has 0 saturated heterocycles. The number of carbonyl (C=O) groups excluding carboxylic acids is 1. The Morgan fingerprint density at radius 1 is 1.18 bits per heavy atom. The molecule has 22 heavy (non-hydrogen) atoms. The first-order chi connectivity index (χ1) is 10.4. The number of methoxy groups -OCH3 is 3. The summed E-state index contributed by atoms with van der Waals surface area (Å²) in [6.07, 6.45) is 4.32. The van der Waals surface area contributed by atoms with E-state index in [9.17, 15) is 4.79 Å². The van der Waals surface area contributed by atoms with Gasteiger partial charge in [0.1, 0.15) is 0 Å². The average molecular weight is 306 g/mol. The molecule has 0 N–H and O–H groups in total. The lowest BCUT2D eigenvalue weighted by Gasteiger charge is -2.35. The second kappa shape index (κ2) is 7.87. The molecule has 0 amide bonds. The SMILES string of the molecule is C/C=C/[C@@](CC(=O)OC)(c1ccc(OC)c(OC)c1)C(C)C. The van der Waals surface area contributed by atoms with Crippen LogP contribution < -0.4 is 9.47 Å². The summed E-state index contributed by atoms with van der Waals surface area (Å²) < 4.78 is 15.6. The van der Waals surface area contributed by atoms with Crippen LogP contribution >= 0.6 is 0 Å². The van der Waals surface area contributed by atoms with Crippen molar-refractivity contribution < 1.29 is 19.0 Å². The van der Waals surface area contributed by atoms with Crippen LogP contribution in [0.1, 0.15) is 32.8 Å². The third-order valence-corrected chi connectivity index (χ3v) is 4.08. The smallest absolute Gasteiger partial charge is 0.306 e. The maximum Gasteiger partial charge on any atom is 0.306 e. The van der Waals surface area contributed by atoms with Gasteiger partial charge in [-0.25, -0.2) is 0 Å². The van der Waals surface area contributed by atoms with Crippen molar-refractivity contribution in [3.63, 3.8) is 0 Å². The van der Waals surface area contributed by atoms with Gasteiger partial charge in [0.2, 0.25) is 0 Å². The van der Waals surface area contributed by atoms with Crippen molar-refractivity contribution in [2.75, 3.05) is 21.3 Å². The lowest BCUT2D eigenvalue weighted by atomic mass is 9.69. The molecule has 1 aromatic rings. The molecule has 0 unspecified atom stereocenters. The maximum atomic E-state index is 11.9. The number of hydrogen-bond donors (Lipinski definition) is 0. The number of allylic oxidation sites excluding steroid dienone is 2. The van der Waals surface area contributed by atoms with E-state index < -0.39 is 5.41 Å². The van der Waals surface area contributed by atoms with Crippen molar-refractivity contribution in [2.24, 2.45) is 5.92 Å². The predicted octanol–water partition coefficient (Wildman–Crippen LogP) is 3.74. The summed E-state index contributed by atoms with van der Waals surface area (Å²) >= 11 is 0. The fraction of sp³-hybridized carbons (Fsp3) is 0.500. The van der Waals surface area contributed by atoms with Crippen LogP contribution in [0.5, 0.6) is 11.5 Å². The van der Waals surface area contributed by atoms with Gasteiger partial charge in [-0.3, -0.25) is 4.79 Å². The van der Waals surface area contributed by atoms with Gasteiger partial charge in [-0.1, -0.05) is 32.1 Å². The van der Waals surface area contributed by atoms with Crippen LogP contribution in [0.15, 0.2) is 30.4 Å². The zero-order valence-corrected chi connectivity index (χ0v) is 14.3. The average Bonchev–Trinajstić information content (AvgIpc) is 2.53. The van der Waals surface area contributed by atoms with Crippen LogP contribution in [0.25, 0.3) is 0 Å². The molecule has 1 aromatic carbocycles. The molecule has 0 aliphatic heterocycles. The summed E-state index contributed by atoms with van der Waals surface area (Å²) in [5, 5.41) is 0. The van der Waals surface area contributed by atoms with E-state index in [4.69, 9.17) is 14.2 Å². The van der Waals surface area contributed by atoms with Crippen LogP contribution in [0.3, 0.4) is 0 Å². The van der Waals surface area contributed by atoms with Gasteiger partial charge >= 0.3 is 5.97 Å². The van der Waals surface area contributed by atoms with Crippen molar-refractivity contribution in [2.45, 2.75) is 32.6 Å². The second-order valence-electron chi connectivity index (χ2n) is 5.52. The van der Waals surface area contributed by atoms with E-state index in [1.807, 2.05) is 31.2 Å². The van der Waals surface area contributed by atoms with Crippen LogP contribution in [-0.2, 0) is 14.9 Å². The fourth-order valence-electron chi connectivity index (χ4n) is 2.72. The summed E-state index contributed by atoms with van der Waals surface area (Å²) in [5.41, 5.74) is 0.560. The largest absolute Gasteiger partial charge is 0.493 e. The molecule has 0 aliphatic carbocycles. The van der Waals surface area contributed by atoms with Crippen molar-refractivity contribution in [1.29, 1.82) is 0 Å². The second-order valence-corrected chi connectivity index (χ2v) is 5.52. The van der Waals surface area contributed by atoms with E-state index in [1.54, 1.807) is 14.2 Å². The molecule has 0 aromatic heterocycles. The Labute approximate surface area is 133 Å². The van der Waals surface area contributed by atoms with Crippen LogP contribution in [0.4, 0.5) is 0 Å². The van der Waals surface area contributed by atoms with Gasteiger partial charge in [-0.15, -0.1) is 0 Å². The van der Waals surface area contributed by atoms with E-state index in [0.717, 1.165) is 5.56 Å². The number of carbonyl (C=O) groups is 1. The molecule has 0 fully saturated rings. The highest BCUT2D eigenvalue weighted by molar-refractivity contribution is 5.72. The minimum atomic E-state index is -0.443. The topological polar surface area (TPSA) is 44.8 Å². The molecule has 1 atom stereocenters. The van der Waals surface area contributed by atoms with Crippen LogP contribution in [0.2, 0.25) is 0 Å². The summed E-state index contributed by atoms with van der Waals surface area (Å²) in [7, 11) is 4.62. The minimum Gasteiger partial charge on any atom is -0.493 e. The molecule has 0 radical (unpaired) electrons. The summed E-state index contributed by atoms with van der Waals surface area (Å²) in [6, 6.07) is 5.78. The van der Waals surface area contributed by atoms with Gasteiger partial charge < -0.3 is 14.2 Å². The van der Waals surface area contributed by atoms with Gasteiger partial charge in [0.05, 0.1) is 27.8 Å². The molecule has 4 heteroatoms. The Hall–Kier alpha value is -1.97. The molecule has 0 saturated carbocycles. The first-order valence-electron chi connectivity index (χ1n) is 7.38. The summed E-state index contributed by atoms with van der Waals surface area (Å²) in [5.74, 6) is 1.30. The lowest BCUT2D eigenvalue weighted by molar-refractivity contribution is -0.142. The van der Waals surface area contributed by atoms with Crippen molar-refractivity contribution in [1.82, 2.24) is 0 Å². The third kappa shape index (κ3) is 3.62. The molecule has 0 aliphatic rings. The number of ether oxygens (including phenoxy) is 3. The quantitative estimate of drug-likeness (QED) is 0.568. The van der Waals surface area contributed by atoms with E-state index in [-0.39, 0.29) is 18.3 Å². The zero-order valence-electron chi connectivity index (χ0n) is 14.3. The van der Waals surface area contributed by atoms with Crippen molar-refractivity contribution >= 4 is 5.97 Å². The zero-order chi connectivity index (χ0) is 16.8. The Morgan fingerprint density at radius 3 is 2.27 bits per heavy atom. The minimum absolute atomic E-state index is 0.209. The van der Waals surface area contributed by atoms with E-state index in [0.29, 0.717) is 11.5 Å². The maximum absolute atomic E-state index is 11.9. The highest BCUT2D eigenvalue weighted by Gasteiger charge is 2.36. The first kappa shape index (κ1) is 18.1. The normalized spacial score (nSPS) is 14.0. The van der Waals surface area contributed by atoms with Crippen molar-refractivity contribution in [3.8, 4) is 11.5 Å². The molecule has 0 bridgehead atoms. The number of esters is 1. The van der Waals surface area contributed by atoms with Gasteiger partial charge in [-0.05, 0) is 30.5 Å². The monoisotopic (exact) mass is 306 g/mol. The first-order valence-corrected chi connectivity index (χ1v) is 7.38. The Bertz CT molecular complexity index is 534. The molecule has 0 spiro atoms. The van der Waals surface area contributed by atoms with Gasteiger partial charge in [0.15, 0.2) is 11.5 Å².